The van der Waals surface area contributed by atoms with Crippen LogP contribution >= 0.6 is 0 Å². The Labute approximate surface area is 103 Å². The summed E-state index contributed by atoms with van der Waals surface area (Å²) >= 11 is 0. The number of hydrogen-bond donors (Lipinski definition) is 3. The Balaban J connectivity index is 1.99. The Morgan fingerprint density at radius 2 is 2.28 bits per heavy atom. The van der Waals surface area contributed by atoms with Gasteiger partial charge in [0.15, 0.2) is 0 Å². The van der Waals surface area contributed by atoms with Crippen LogP contribution in [0.15, 0.2) is 18.2 Å². The van der Waals surface area contributed by atoms with Crippen LogP contribution in [-0.2, 0) is 11.2 Å². The highest BCUT2D eigenvalue weighted by molar-refractivity contribution is 5.96. The van der Waals surface area contributed by atoms with E-state index in [4.69, 9.17) is 5.73 Å². The zero-order valence-corrected chi connectivity index (χ0v) is 9.55. The minimum Gasteiger partial charge on any atom is -0.324 e. The van der Waals surface area contributed by atoms with Crippen LogP contribution in [0.3, 0.4) is 0 Å². The fourth-order valence-corrected chi connectivity index (χ4v) is 2.01. The zero-order chi connectivity index (χ0) is 12.5. The Hall–Kier alpha value is -2.28. The minimum absolute atomic E-state index is 0.138. The van der Waals surface area contributed by atoms with Gasteiger partial charge in [0.05, 0.1) is 6.04 Å². The van der Waals surface area contributed by atoms with Gasteiger partial charge in [-0.2, -0.15) is 5.21 Å². The third kappa shape index (κ3) is 1.84. The van der Waals surface area contributed by atoms with Crippen LogP contribution in [0.1, 0.15) is 12.0 Å². The van der Waals surface area contributed by atoms with Gasteiger partial charge in [-0.05, 0) is 41.8 Å². The molecular weight excluding hydrogens is 232 g/mol. The van der Waals surface area contributed by atoms with Crippen molar-refractivity contribution in [3.63, 3.8) is 0 Å². The molecule has 7 nitrogen and oxygen atoms in total. The Morgan fingerprint density at radius 3 is 3.06 bits per heavy atom. The second-order valence-electron chi connectivity index (χ2n) is 4.24. The average molecular weight is 244 g/mol. The van der Waals surface area contributed by atoms with E-state index in [1.165, 1.54) is 0 Å². The van der Waals surface area contributed by atoms with E-state index in [1.807, 2.05) is 18.2 Å². The molecule has 7 heteroatoms. The highest BCUT2D eigenvalue weighted by atomic mass is 16.2. The highest BCUT2D eigenvalue weighted by Gasteiger charge is 2.20. The number of tetrazole rings is 1. The van der Waals surface area contributed by atoms with Crippen molar-refractivity contribution in [1.29, 1.82) is 0 Å². The van der Waals surface area contributed by atoms with E-state index in [0.717, 1.165) is 23.2 Å². The predicted octanol–water partition coefficient (Wildman–Crippen LogP) is 0.0787. The maximum atomic E-state index is 11.6. The smallest absolute Gasteiger partial charge is 0.241 e. The summed E-state index contributed by atoms with van der Waals surface area (Å²) in [6, 6.07) is 5.20. The molecule has 0 unspecified atom stereocenters. The molecule has 0 spiro atoms. The molecule has 1 aromatic carbocycles. The van der Waals surface area contributed by atoms with E-state index in [2.05, 4.69) is 25.9 Å². The third-order valence-corrected chi connectivity index (χ3v) is 3.03. The van der Waals surface area contributed by atoms with Crippen LogP contribution < -0.4 is 11.1 Å². The van der Waals surface area contributed by atoms with Crippen molar-refractivity contribution >= 4 is 11.6 Å². The van der Waals surface area contributed by atoms with E-state index in [-0.39, 0.29) is 5.91 Å². The van der Waals surface area contributed by atoms with Crippen LogP contribution in [0.2, 0.25) is 0 Å². The lowest BCUT2D eigenvalue weighted by Crippen LogP contribution is -2.34. The first-order valence-electron chi connectivity index (χ1n) is 5.67. The molecule has 0 saturated carbocycles. The number of aryl methyl sites for hydroxylation is 1. The zero-order valence-electron chi connectivity index (χ0n) is 9.55. The number of aromatic amines is 1. The lowest BCUT2D eigenvalue weighted by molar-refractivity contribution is -0.117. The van der Waals surface area contributed by atoms with Crippen molar-refractivity contribution in [2.45, 2.75) is 18.9 Å². The number of hydrogen-bond acceptors (Lipinski definition) is 5. The van der Waals surface area contributed by atoms with Crippen LogP contribution in [0.25, 0.3) is 11.4 Å². The van der Waals surface area contributed by atoms with Gasteiger partial charge in [0.25, 0.3) is 0 Å². The normalized spacial score (nSPS) is 18.9. The summed E-state index contributed by atoms with van der Waals surface area (Å²) in [5, 5.41) is 16.6. The number of amides is 1. The lowest BCUT2D eigenvalue weighted by Gasteiger charge is -2.07. The summed E-state index contributed by atoms with van der Waals surface area (Å²) in [6.07, 6.45) is 1.38. The molecule has 1 aliphatic heterocycles. The Bertz CT molecular complexity index is 579. The van der Waals surface area contributed by atoms with E-state index in [9.17, 15) is 4.79 Å². The summed E-state index contributed by atoms with van der Waals surface area (Å²) in [4.78, 5) is 11.6. The molecule has 1 aromatic heterocycles. The van der Waals surface area contributed by atoms with Crippen LogP contribution in [0, 0.1) is 0 Å². The molecule has 4 N–H and O–H groups in total. The molecule has 2 aromatic rings. The number of rotatable bonds is 1. The lowest BCUT2D eigenvalue weighted by atomic mass is 10.0. The standard InChI is InChI=1S/C11H12N6O/c12-8-3-1-6-5-7(10-14-16-17-15-10)2-4-9(6)13-11(8)18/h2,4-5,8H,1,3,12H2,(H,13,18)(H,14,15,16,17)/t8-/m0/s1. The van der Waals surface area contributed by atoms with Crippen LogP contribution in [-0.4, -0.2) is 32.6 Å². The summed E-state index contributed by atoms with van der Waals surface area (Å²) in [5.74, 6) is 0.402. The Kier molecular flexibility index (Phi) is 2.52. The quantitative estimate of drug-likeness (QED) is 0.658. The maximum absolute atomic E-state index is 11.6. The SMILES string of the molecule is N[C@H]1CCc2cc(-c3nn[nH]n3)ccc2NC1=O. The number of nitrogens with zero attached hydrogens (tertiary/aromatic N) is 3. The molecule has 3 rings (SSSR count). The van der Waals surface area contributed by atoms with Gasteiger partial charge in [-0.3, -0.25) is 4.79 Å². The minimum atomic E-state index is -0.453. The number of fused-ring (bicyclic) bond motifs is 1. The summed E-state index contributed by atoms with van der Waals surface area (Å²) in [6.45, 7) is 0. The molecule has 1 aliphatic rings. The van der Waals surface area contributed by atoms with Crippen molar-refractivity contribution in [3.05, 3.63) is 23.8 Å². The number of nitrogens with two attached hydrogens (primary N) is 1. The van der Waals surface area contributed by atoms with E-state index in [0.29, 0.717) is 12.2 Å². The van der Waals surface area contributed by atoms with E-state index >= 15 is 0 Å². The fraction of sp³-hybridized carbons (Fsp3) is 0.273. The summed E-state index contributed by atoms with van der Waals surface area (Å²) in [5.41, 5.74) is 8.45. The molecule has 0 radical (unpaired) electrons. The number of aromatic nitrogens is 4. The predicted molar refractivity (Wildman–Crippen MR) is 64.5 cm³/mol. The van der Waals surface area contributed by atoms with Gasteiger partial charge in [-0.25, -0.2) is 0 Å². The molecule has 18 heavy (non-hydrogen) atoms. The Morgan fingerprint density at radius 1 is 1.39 bits per heavy atom. The van der Waals surface area contributed by atoms with Gasteiger partial charge in [0, 0.05) is 11.3 Å². The summed E-state index contributed by atoms with van der Waals surface area (Å²) < 4.78 is 0. The fourth-order valence-electron chi connectivity index (χ4n) is 2.01. The van der Waals surface area contributed by atoms with Crippen LogP contribution in [0.5, 0.6) is 0 Å². The van der Waals surface area contributed by atoms with Gasteiger partial charge < -0.3 is 11.1 Å². The first kappa shape index (κ1) is 10.8. The first-order chi connectivity index (χ1) is 8.74. The van der Waals surface area contributed by atoms with Crippen molar-refractivity contribution < 1.29 is 4.79 Å². The van der Waals surface area contributed by atoms with E-state index < -0.39 is 6.04 Å². The van der Waals surface area contributed by atoms with Gasteiger partial charge in [0.1, 0.15) is 0 Å². The first-order valence-corrected chi connectivity index (χ1v) is 5.67. The molecule has 2 heterocycles. The van der Waals surface area contributed by atoms with Crippen molar-refractivity contribution in [3.8, 4) is 11.4 Å². The van der Waals surface area contributed by atoms with Crippen molar-refractivity contribution in [1.82, 2.24) is 20.6 Å². The van der Waals surface area contributed by atoms with Gasteiger partial charge in [-0.1, -0.05) is 0 Å². The van der Waals surface area contributed by atoms with Gasteiger partial charge in [0.2, 0.25) is 11.7 Å². The average Bonchev–Trinajstić information content (AvgIpc) is 2.86. The molecule has 0 saturated heterocycles. The maximum Gasteiger partial charge on any atom is 0.241 e. The number of anilines is 1. The second-order valence-corrected chi connectivity index (χ2v) is 4.24. The number of H-pyrrole nitrogens is 1. The largest absolute Gasteiger partial charge is 0.324 e. The van der Waals surface area contributed by atoms with Crippen molar-refractivity contribution in [2.24, 2.45) is 5.73 Å². The molecule has 92 valence electrons. The topological polar surface area (TPSA) is 110 Å². The number of benzene rings is 1. The summed E-state index contributed by atoms with van der Waals surface area (Å²) in [7, 11) is 0. The molecular formula is C11H12N6O. The number of carbonyl (C=O) groups excluding carboxylic acids is 1. The molecule has 1 atom stereocenters. The van der Waals surface area contributed by atoms with E-state index in [1.54, 1.807) is 0 Å². The van der Waals surface area contributed by atoms with Gasteiger partial charge >= 0.3 is 0 Å². The van der Waals surface area contributed by atoms with Crippen LogP contribution in [0.4, 0.5) is 5.69 Å². The number of nitrogens with one attached hydrogen (secondary N) is 2. The molecule has 0 bridgehead atoms. The molecule has 1 amide bonds. The highest BCUT2D eigenvalue weighted by Crippen LogP contribution is 2.26. The second kappa shape index (κ2) is 4.19. The third-order valence-electron chi connectivity index (χ3n) is 3.03. The van der Waals surface area contributed by atoms with Crippen molar-refractivity contribution in [2.75, 3.05) is 5.32 Å². The number of carbonyl (C=O) groups is 1. The van der Waals surface area contributed by atoms with Gasteiger partial charge in [-0.15, -0.1) is 10.2 Å². The molecule has 0 fully saturated rings. The monoisotopic (exact) mass is 244 g/mol. The molecule has 0 aliphatic carbocycles.